The Kier molecular flexibility index (Phi) is 7.20. The van der Waals surface area contributed by atoms with E-state index in [0.29, 0.717) is 0 Å². The highest BCUT2D eigenvalue weighted by molar-refractivity contribution is 5.55. The van der Waals surface area contributed by atoms with Gasteiger partial charge in [0.15, 0.2) is 0 Å². The predicted octanol–water partition coefficient (Wildman–Crippen LogP) is 5.07. The first kappa shape index (κ1) is 13.8. The molecule has 0 radical (unpaired) electrons. The van der Waals surface area contributed by atoms with Gasteiger partial charge in [0.1, 0.15) is 5.75 Å². The first-order valence-corrected chi connectivity index (χ1v) is 6.72. The van der Waals surface area contributed by atoms with Gasteiger partial charge >= 0.3 is 0 Å². The van der Waals surface area contributed by atoms with Crippen LogP contribution in [0.15, 0.2) is 30.8 Å². The molecule has 1 heteroatoms. The summed E-state index contributed by atoms with van der Waals surface area (Å²) in [6.45, 7) is 6.85. The number of ether oxygens (including phenoxy) is 1. The molecule has 1 nitrogen and oxygen atoms in total. The first-order valence-electron chi connectivity index (χ1n) is 6.72. The summed E-state index contributed by atoms with van der Waals surface area (Å²) in [5.74, 6) is 0.955. The lowest BCUT2D eigenvalue weighted by atomic mass is 10.1. The molecule has 0 bridgehead atoms. The van der Waals surface area contributed by atoms with Crippen molar-refractivity contribution in [1.29, 1.82) is 0 Å². The van der Waals surface area contributed by atoms with Gasteiger partial charge in [0, 0.05) is 5.56 Å². The zero-order valence-electron chi connectivity index (χ0n) is 11.0. The average molecular weight is 232 g/mol. The van der Waals surface area contributed by atoms with Crippen molar-refractivity contribution in [3.63, 3.8) is 0 Å². The Hall–Kier alpha value is -1.24. The van der Waals surface area contributed by atoms with Crippen LogP contribution in [0.4, 0.5) is 0 Å². The second kappa shape index (κ2) is 8.86. The Morgan fingerprint density at radius 2 is 1.76 bits per heavy atom. The molecule has 0 aliphatic rings. The van der Waals surface area contributed by atoms with E-state index >= 15 is 0 Å². The molecule has 94 valence electrons. The van der Waals surface area contributed by atoms with Crippen LogP contribution in [0.2, 0.25) is 0 Å². The molecule has 0 N–H and O–H groups in total. The molecular weight excluding hydrogens is 208 g/mol. The molecule has 0 saturated carbocycles. The third-order valence-electron chi connectivity index (χ3n) is 2.89. The molecule has 0 unspecified atom stereocenters. The molecule has 0 aliphatic carbocycles. The molecule has 0 fully saturated rings. The van der Waals surface area contributed by atoms with Crippen LogP contribution >= 0.6 is 0 Å². The summed E-state index contributed by atoms with van der Waals surface area (Å²) in [6.07, 6.45) is 9.63. The summed E-state index contributed by atoms with van der Waals surface area (Å²) in [4.78, 5) is 0. The minimum Gasteiger partial charge on any atom is -0.493 e. The Labute approximate surface area is 106 Å². The summed E-state index contributed by atoms with van der Waals surface area (Å²) in [7, 11) is 0. The van der Waals surface area contributed by atoms with Crippen molar-refractivity contribution in [3.8, 4) is 5.75 Å². The number of hydrogen-bond donors (Lipinski definition) is 0. The molecule has 0 atom stereocenters. The van der Waals surface area contributed by atoms with E-state index in [9.17, 15) is 0 Å². The third-order valence-corrected chi connectivity index (χ3v) is 2.89. The Morgan fingerprint density at radius 1 is 1.06 bits per heavy atom. The van der Waals surface area contributed by atoms with Crippen molar-refractivity contribution in [1.82, 2.24) is 0 Å². The van der Waals surface area contributed by atoms with Gasteiger partial charge in [-0.25, -0.2) is 0 Å². The molecule has 1 aromatic carbocycles. The van der Waals surface area contributed by atoms with Gasteiger partial charge in [0.2, 0.25) is 0 Å². The molecule has 17 heavy (non-hydrogen) atoms. The van der Waals surface area contributed by atoms with Crippen LogP contribution in [0.1, 0.15) is 51.0 Å². The van der Waals surface area contributed by atoms with Crippen molar-refractivity contribution < 1.29 is 4.74 Å². The maximum atomic E-state index is 5.76. The minimum absolute atomic E-state index is 0.816. The highest BCUT2D eigenvalue weighted by Gasteiger charge is 1.98. The molecular formula is C16H24O. The van der Waals surface area contributed by atoms with Gasteiger partial charge in [-0.1, -0.05) is 69.9 Å². The van der Waals surface area contributed by atoms with Crippen LogP contribution in [0, 0.1) is 0 Å². The van der Waals surface area contributed by atoms with E-state index < -0.39 is 0 Å². The monoisotopic (exact) mass is 232 g/mol. The summed E-state index contributed by atoms with van der Waals surface area (Å²) in [5.41, 5.74) is 1.08. The Morgan fingerprint density at radius 3 is 2.53 bits per heavy atom. The zero-order chi connectivity index (χ0) is 12.3. The van der Waals surface area contributed by atoms with E-state index in [1.54, 1.807) is 0 Å². The number of benzene rings is 1. The predicted molar refractivity (Wildman–Crippen MR) is 75.4 cm³/mol. The van der Waals surface area contributed by atoms with Gasteiger partial charge in [-0.2, -0.15) is 0 Å². The SMILES string of the molecule is C=Cc1ccccc1OCCCCCCCC. The number of para-hydroxylation sites is 1. The lowest BCUT2D eigenvalue weighted by molar-refractivity contribution is 0.304. The first-order chi connectivity index (χ1) is 8.38. The van der Waals surface area contributed by atoms with E-state index in [1.165, 1.54) is 32.1 Å². The second-order valence-corrected chi connectivity index (χ2v) is 4.36. The fraction of sp³-hybridized carbons (Fsp3) is 0.500. The molecule has 0 amide bonds. The van der Waals surface area contributed by atoms with Gasteiger partial charge in [0.05, 0.1) is 6.61 Å². The molecule has 0 heterocycles. The third kappa shape index (κ3) is 5.58. The average Bonchev–Trinajstić information content (AvgIpc) is 2.38. The van der Waals surface area contributed by atoms with Crippen molar-refractivity contribution in [2.75, 3.05) is 6.61 Å². The fourth-order valence-electron chi connectivity index (χ4n) is 1.85. The van der Waals surface area contributed by atoms with E-state index in [-0.39, 0.29) is 0 Å². The second-order valence-electron chi connectivity index (χ2n) is 4.36. The van der Waals surface area contributed by atoms with Gasteiger partial charge < -0.3 is 4.74 Å². The van der Waals surface area contributed by atoms with E-state index in [1.807, 2.05) is 30.3 Å². The summed E-state index contributed by atoms with van der Waals surface area (Å²) in [5, 5.41) is 0. The van der Waals surface area contributed by atoms with Crippen molar-refractivity contribution in [2.45, 2.75) is 45.4 Å². The molecule has 0 saturated heterocycles. The van der Waals surface area contributed by atoms with E-state index in [2.05, 4.69) is 13.5 Å². The maximum Gasteiger partial charge on any atom is 0.126 e. The van der Waals surface area contributed by atoms with Gasteiger partial charge in [-0.05, 0) is 12.5 Å². The van der Waals surface area contributed by atoms with Crippen LogP contribution in [0.3, 0.4) is 0 Å². The van der Waals surface area contributed by atoms with Crippen molar-refractivity contribution in [2.24, 2.45) is 0 Å². The van der Waals surface area contributed by atoms with Gasteiger partial charge in [0.25, 0.3) is 0 Å². The normalized spacial score (nSPS) is 10.2. The standard InChI is InChI=1S/C16H24O/c1-3-5-6-7-8-11-14-17-16-13-10-9-12-15(16)4-2/h4,9-10,12-13H,2-3,5-8,11,14H2,1H3. The Bertz CT molecular complexity index is 317. The molecule has 1 rings (SSSR count). The number of hydrogen-bond acceptors (Lipinski definition) is 1. The highest BCUT2D eigenvalue weighted by Crippen LogP contribution is 2.19. The lowest BCUT2D eigenvalue weighted by Gasteiger charge is -2.08. The quantitative estimate of drug-likeness (QED) is 0.540. The zero-order valence-corrected chi connectivity index (χ0v) is 11.0. The Balaban J connectivity index is 2.15. The molecule has 0 spiro atoms. The van der Waals surface area contributed by atoms with Crippen LogP contribution < -0.4 is 4.74 Å². The maximum absolute atomic E-state index is 5.76. The summed E-state index contributed by atoms with van der Waals surface area (Å²) < 4.78 is 5.76. The van der Waals surface area contributed by atoms with Gasteiger partial charge in [-0.3, -0.25) is 0 Å². The molecule has 1 aromatic rings. The largest absolute Gasteiger partial charge is 0.493 e. The van der Waals surface area contributed by atoms with E-state index in [4.69, 9.17) is 4.74 Å². The van der Waals surface area contributed by atoms with Gasteiger partial charge in [-0.15, -0.1) is 0 Å². The summed E-state index contributed by atoms with van der Waals surface area (Å²) in [6, 6.07) is 8.05. The minimum atomic E-state index is 0.816. The fourth-order valence-corrected chi connectivity index (χ4v) is 1.85. The van der Waals surface area contributed by atoms with Crippen LogP contribution in [0.5, 0.6) is 5.75 Å². The number of unbranched alkanes of at least 4 members (excludes halogenated alkanes) is 5. The van der Waals surface area contributed by atoms with Crippen LogP contribution in [0.25, 0.3) is 6.08 Å². The smallest absolute Gasteiger partial charge is 0.126 e. The lowest BCUT2D eigenvalue weighted by Crippen LogP contribution is -1.98. The van der Waals surface area contributed by atoms with Crippen LogP contribution in [-0.2, 0) is 0 Å². The number of rotatable bonds is 9. The summed E-state index contributed by atoms with van der Waals surface area (Å²) >= 11 is 0. The highest BCUT2D eigenvalue weighted by atomic mass is 16.5. The van der Waals surface area contributed by atoms with Crippen molar-refractivity contribution >= 4 is 6.08 Å². The molecule has 0 aliphatic heterocycles. The van der Waals surface area contributed by atoms with Crippen LogP contribution in [-0.4, -0.2) is 6.61 Å². The van der Waals surface area contributed by atoms with E-state index in [0.717, 1.165) is 24.3 Å². The topological polar surface area (TPSA) is 9.23 Å². The molecule has 0 aromatic heterocycles. The van der Waals surface area contributed by atoms with Crippen molar-refractivity contribution in [3.05, 3.63) is 36.4 Å².